The van der Waals surface area contributed by atoms with E-state index in [4.69, 9.17) is 0 Å². The number of fused-ring (bicyclic) bond motifs is 5. The van der Waals surface area contributed by atoms with Crippen molar-refractivity contribution in [2.24, 2.45) is 34.5 Å². The van der Waals surface area contributed by atoms with Crippen LogP contribution in [0.1, 0.15) is 70.9 Å². The average Bonchev–Trinajstić information content (AvgIpc) is 2.94. The van der Waals surface area contributed by atoms with Crippen LogP contribution in [0.2, 0.25) is 0 Å². The summed E-state index contributed by atoms with van der Waals surface area (Å²) in [5.74, 6) is 2.32. The summed E-state index contributed by atoms with van der Waals surface area (Å²) < 4.78 is 0. The van der Waals surface area contributed by atoms with Gasteiger partial charge in [-0.25, -0.2) is 0 Å². The first-order valence-corrected chi connectivity index (χ1v) is 11.0. The van der Waals surface area contributed by atoms with Crippen LogP contribution in [0.5, 0.6) is 0 Å². The van der Waals surface area contributed by atoms with E-state index in [1.54, 1.807) is 18.6 Å². The van der Waals surface area contributed by atoms with E-state index in [0.717, 1.165) is 31.4 Å². The van der Waals surface area contributed by atoms with Gasteiger partial charge in [-0.15, -0.1) is 0 Å². The lowest BCUT2D eigenvalue weighted by Gasteiger charge is -2.59. The molecule has 150 valence electrons. The first-order chi connectivity index (χ1) is 13.3. The average molecular weight is 381 g/mol. The van der Waals surface area contributed by atoms with Crippen LogP contribution in [-0.2, 0) is 4.79 Å². The number of rotatable bonds is 1. The third kappa shape index (κ3) is 2.43. The SMILES string of the molecule is CC1C=C2CC(O)CC[C@]2(C)[C@@H]2CC[C@]3(C)C(c4cnccn4)C(=O)C[C@H]3[C@H]12. The second kappa shape index (κ2) is 6.22. The second-order valence-corrected chi connectivity index (χ2v) is 10.4. The van der Waals surface area contributed by atoms with Crippen molar-refractivity contribution in [3.8, 4) is 0 Å². The van der Waals surface area contributed by atoms with Crippen LogP contribution >= 0.6 is 0 Å². The van der Waals surface area contributed by atoms with Gasteiger partial charge in [0.1, 0.15) is 5.78 Å². The fraction of sp³-hybridized carbons (Fsp3) is 0.708. The van der Waals surface area contributed by atoms with E-state index in [0.29, 0.717) is 35.9 Å². The quantitative estimate of drug-likeness (QED) is 0.738. The van der Waals surface area contributed by atoms with Gasteiger partial charge < -0.3 is 5.11 Å². The second-order valence-electron chi connectivity index (χ2n) is 10.4. The number of hydrogen-bond acceptors (Lipinski definition) is 4. The zero-order valence-corrected chi connectivity index (χ0v) is 17.3. The molecule has 1 aromatic rings. The molecule has 0 radical (unpaired) electrons. The summed E-state index contributed by atoms with van der Waals surface area (Å²) in [4.78, 5) is 22.0. The lowest BCUT2D eigenvalue weighted by molar-refractivity contribution is -0.119. The molecule has 28 heavy (non-hydrogen) atoms. The lowest BCUT2D eigenvalue weighted by Crippen LogP contribution is -2.52. The molecule has 4 aliphatic carbocycles. The Morgan fingerprint density at radius 2 is 1.93 bits per heavy atom. The molecule has 1 aromatic heterocycles. The molecule has 5 rings (SSSR count). The molecule has 0 amide bonds. The number of aliphatic hydroxyl groups is 1. The summed E-state index contributed by atoms with van der Waals surface area (Å²) in [6.07, 6.45) is 13.3. The Labute approximate surface area is 167 Å². The van der Waals surface area contributed by atoms with Crippen molar-refractivity contribution in [1.29, 1.82) is 0 Å². The Morgan fingerprint density at radius 3 is 2.68 bits per heavy atom. The Bertz CT molecular complexity index is 821. The number of Topliss-reactive ketones (excluding diaryl/α,β-unsaturated/α-hetero) is 1. The van der Waals surface area contributed by atoms with Gasteiger partial charge in [0.2, 0.25) is 0 Å². The van der Waals surface area contributed by atoms with Gasteiger partial charge in [-0.05, 0) is 66.6 Å². The summed E-state index contributed by atoms with van der Waals surface area (Å²) in [7, 11) is 0. The third-order valence-electron chi connectivity index (χ3n) is 9.13. The highest BCUT2D eigenvalue weighted by atomic mass is 16.3. The number of carbonyl (C=O) groups excluding carboxylic acids is 1. The van der Waals surface area contributed by atoms with Gasteiger partial charge in [-0.1, -0.05) is 32.4 Å². The van der Waals surface area contributed by atoms with Crippen molar-refractivity contribution >= 4 is 5.78 Å². The molecular formula is C24H32N2O2. The Morgan fingerprint density at radius 1 is 1.11 bits per heavy atom. The van der Waals surface area contributed by atoms with Crippen LogP contribution in [0.3, 0.4) is 0 Å². The van der Waals surface area contributed by atoms with Crippen LogP contribution in [0.4, 0.5) is 0 Å². The number of allylic oxidation sites excluding steroid dienone is 1. The van der Waals surface area contributed by atoms with Crippen LogP contribution in [0.15, 0.2) is 30.2 Å². The highest BCUT2D eigenvalue weighted by molar-refractivity contribution is 5.89. The smallest absolute Gasteiger partial charge is 0.142 e. The zero-order valence-electron chi connectivity index (χ0n) is 17.3. The van der Waals surface area contributed by atoms with E-state index in [9.17, 15) is 9.90 Å². The molecule has 1 N–H and O–H groups in total. The molecule has 3 saturated carbocycles. The molecule has 3 unspecified atom stereocenters. The van der Waals surface area contributed by atoms with Gasteiger partial charge in [-0.2, -0.15) is 0 Å². The van der Waals surface area contributed by atoms with Crippen molar-refractivity contribution < 1.29 is 9.90 Å². The zero-order chi connectivity index (χ0) is 19.7. The predicted molar refractivity (Wildman–Crippen MR) is 107 cm³/mol. The Balaban J connectivity index is 1.54. The maximum Gasteiger partial charge on any atom is 0.142 e. The monoisotopic (exact) mass is 380 g/mol. The molecule has 4 aliphatic rings. The fourth-order valence-electron chi connectivity index (χ4n) is 7.76. The van der Waals surface area contributed by atoms with Crippen LogP contribution in [0.25, 0.3) is 0 Å². The molecule has 0 bridgehead atoms. The summed E-state index contributed by atoms with van der Waals surface area (Å²) in [6.45, 7) is 7.13. The van der Waals surface area contributed by atoms with Gasteiger partial charge in [0, 0.05) is 25.0 Å². The van der Waals surface area contributed by atoms with Gasteiger partial charge in [0.15, 0.2) is 0 Å². The van der Waals surface area contributed by atoms with Crippen LogP contribution in [0, 0.1) is 34.5 Å². The molecule has 0 spiro atoms. The van der Waals surface area contributed by atoms with Gasteiger partial charge in [0.25, 0.3) is 0 Å². The number of hydrogen-bond donors (Lipinski definition) is 1. The molecule has 1 heterocycles. The Kier molecular flexibility index (Phi) is 4.11. The number of aliphatic hydroxyl groups excluding tert-OH is 1. The fourth-order valence-corrected chi connectivity index (χ4v) is 7.76. The van der Waals surface area contributed by atoms with Crippen LogP contribution in [-0.4, -0.2) is 27.0 Å². The van der Waals surface area contributed by atoms with E-state index in [1.807, 2.05) is 0 Å². The summed E-state index contributed by atoms with van der Waals surface area (Å²) in [5, 5.41) is 10.2. The topological polar surface area (TPSA) is 63.1 Å². The molecule has 4 nitrogen and oxygen atoms in total. The minimum absolute atomic E-state index is 0.0154. The first-order valence-electron chi connectivity index (χ1n) is 11.0. The maximum atomic E-state index is 13.2. The maximum absolute atomic E-state index is 13.2. The van der Waals surface area contributed by atoms with Crippen molar-refractivity contribution in [1.82, 2.24) is 9.97 Å². The minimum Gasteiger partial charge on any atom is -0.393 e. The molecule has 0 aliphatic heterocycles. The molecule has 0 aromatic carbocycles. The summed E-state index contributed by atoms with van der Waals surface area (Å²) >= 11 is 0. The van der Waals surface area contributed by atoms with Crippen molar-refractivity contribution in [2.45, 2.75) is 71.3 Å². The van der Waals surface area contributed by atoms with Crippen molar-refractivity contribution in [2.75, 3.05) is 0 Å². The minimum atomic E-state index is -0.175. The van der Waals surface area contributed by atoms with E-state index in [2.05, 4.69) is 36.8 Å². The van der Waals surface area contributed by atoms with E-state index in [1.165, 1.54) is 12.0 Å². The lowest BCUT2D eigenvalue weighted by atomic mass is 9.45. The number of aromatic nitrogens is 2. The highest BCUT2D eigenvalue weighted by Gasteiger charge is 2.62. The highest BCUT2D eigenvalue weighted by Crippen LogP contribution is 2.67. The van der Waals surface area contributed by atoms with Crippen molar-refractivity contribution in [3.05, 3.63) is 35.9 Å². The molecule has 4 heteroatoms. The third-order valence-corrected chi connectivity index (χ3v) is 9.13. The van der Waals surface area contributed by atoms with Gasteiger partial charge >= 0.3 is 0 Å². The van der Waals surface area contributed by atoms with E-state index < -0.39 is 0 Å². The first kappa shape index (κ1) is 18.5. The summed E-state index contributed by atoms with van der Waals surface area (Å²) in [6, 6.07) is 0. The molecular weight excluding hydrogens is 348 g/mol. The molecule has 8 atom stereocenters. The number of ketones is 1. The normalized spacial score (nSPS) is 47.7. The van der Waals surface area contributed by atoms with Gasteiger partial charge in [0.05, 0.1) is 17.7 Å². The number of nitrogens with zero attached hydrogens (tertiary/aromatic N) is 2. The Hall–Kier alpha value is -1.55. The van der Waals surface area contributed by atoms with E-state index >= 15 is 0 Å². The molecule has 3 fully saturated rings. The van der Waals surface area contributed by atoms with Crippen molar-refractivity contribution in [3.63, 3.8) is 0 Å². The largest absolute Gasteiger partial charge is 0.393 e. The predicted octanol–water partition coefficient (Wildman–Crippen LogP) is 4.31. The molecule has 0 saturated heterocycles. The number of carbonyl (C=O) groups is 1. The van der Waals surface area contributed by atoms with Gasteiger partial charge in [-0.3, -0.25) is 14.8 Å². The summed E-state index contributed by atoms with van der Waals surface area (Å²) in [5.41, 5.74) is 2.53. The van der Waals surface area contributed by atoms with Crippen LogP contribution < -0.4 is 0 Å². The van der Waals surface area contributed by atoms with E-state index in [-0.39, 0.29) is 22.9 Å². The standard InChI is InChI=1S/C24H32N2O2/c1-14-10-15-11-16(27)4-6-23(15,2)17-5-7-24(3)18(21(14)17)12-20(28)22(24)19-13-25-8-9-26-19/h8-10,13-14,16-18,21-22,27H,4-7,11-12H2,1-3H3/t14?,16?,17-,18+,21-,22?,23+,24+/m1/s1.